The highest BCUT2D eigenvalue weighted by Gasteiger charge is 2.30. The number of benzene rings is 1. The van der Waals surface area contributed by atoms with Gasteiger partial charge in [-0.05, 0) is 17.5 Å². The van der Waals surface area contributed by atoms with Crippen molar-refractivity contribution in [1.29, 1.82) is 0 Å². The maximum atomic E-state index is 12.9. The molecule has 0 aliphatic carbocycles. The van der Waals surface area contributed by atoms with Crippen LogP contribution in [0.15, 0.2) is 30.5 Å². The number of H-pyrrole nitrogens is 1. The Morgan fingerprint density at radius 3 is 2.18 bits per heavy atom. The van der Waals surface area contributed by atoms with Crippen molar-refractivity contribution in [2.45, 2.75) is 44.4 Å². The van der Waals surface area contributed by atoms with Crippen molar-refractivity contribution >= 4 is 47.2 Å². The van der Waals surface area contributed by atoms with Crippen LogP contribution in [0.25, 0.3) is 10.9 Å². The van der Waals surface area contributed by atoms with Crippen molar-refractivity contribution < 1.29 is 29.4 Å². The fourth-order valence-electron chi connectivity index (χ4n) is 3.22. The quantitative estimate of drug-likeness (QED) is 0.177. The van der Waals surface area contributed by atoms with E-state index in [9.17, 15) is 24.3 Å². The normalized spacial score (nSPS) is 14.8. The van der Waals surface area contributed by atoms with Gasteiger partial charge in [0, 0.05) is 29.3 Å². The van der Waals surface area contributed by atoms with Crippen LogP contribution in [-0.2, 0) is 25.6 Å². The Hall–Kier alpha value is -3.09. The van der Waals surface area contributed by atoms with Crippen molar-refractivity contribution in [3.63, 3.8) is 0 Å². The lowest BCUT2D eigenvalue weighted by atomic mass is 10.0. The van der Waals surface area contributed by atoms with E-state index in [0.717, 1.165) is 10.9 Å². The van der Waals surface area contributed by atoms with Crippen molar-refractivity contribution in [3.8, 4) is 0 Å². The number of carbonyl (C=O) groups is 4. The first kappa shape index (κ1) is 27.2. The molecule has 0 fully saturated rings. The third-order valence-electron chi connectivity index (χ3n) is 5.37. The molecule has 1 aromatic carbocycles. The summed E-state index contributed by atoms with van der Waals surface area (Å²) in [6.07, 6.45) is 1.72. The Bertz CT molecular complexity index is 1030. The van der Waals surface area contributed by atoms with E-state index in [2.05, 4.69) is 33.6 Å². The van der Waals surface area contributed by atoms with E-state index in [4.69, 9.17) is 10.8 Å². The molecule has 0 saturated heterocycles. The summed E-state index contributed by atoms with van der Waals surface area (Å²) in [6, 6.07) is 2.71. The number of hydrogen-bond donors (Lipinski definition) is 8. The lowest BCUT2D eigenvalue weighted by molar-refractivity contribution is -0.143. The second-order valence-corrected chi connectivity index (χ2v) is 8.59. The molecule has 4 atom stereocenters. The summed E-state index contributed by atoms with van der Waals surface area (Å²) in [7, 11) is 0. The van der Waals surface area contributed by atoms with Crippen LogP contribution in [0.1, 0.15) is 19.4 Å². The number of para-hydroxylation sites is 1. The predicted molar refractivity (Wildman–Crippen MR) is 129 cm³/mol. The van der Waals surface area contributed by atoms with Crippen LogP contribution in [-0.4, -0.2) is 75.4 Å². The SMILES string of the molecule is CC(C)C(N)C(=O)NC(CS)C(=O)NC(Cc1c[nH]c2ccccc12)C(=O)NC(CO)C(=O)O. The summed E-state index contributed by atoms with van der Waals surface area (Å²) in [6.45, 7) is 2.71. The van der Waals surface area contributed by atoms with Gasteiger partial charge in [0.1, 0.15) is 18.1 Å². The molecule has 1 heterocycles. The zero-order valence-electron chi connectivity index (χ0n) is 18.9. The van der Waals surface area contributed by atoms with Gasteiger partial charge in [-0.25, -0.2) is 4.79 Å². The van der Waals surface area contributed by atoms with Gasteiger partial charge in [-0.3, -0.25) is 14.4 Å². The third kappa shape index (κ3) is 6.95. The highest BCUT2D eigenvalue weighted by atomic mass is 32.1. The number of thiol groups is 1. The summed E-state index contributed by atoms with van der Waals surface area (Å²) >= 11 is 4.13. The second kappa shape index (κ2) is 12.4. The van der Waals surface area contributed by atoms with Gasteiger partial charge in [0.25, 0.3) is 0 Å². The topological polar surface area (TPSA) is 187 Å². The van der Waals surface area contributed by atoms with Gasteiger partial charge in [-0.15, -0.1) is 0 Å². The predicted octanol–water partition coefficient (Wildman–Crippen LogP) is -0.845. The Kier molecular flexibility index (Phi) is 9.90. The molecule has 0 aliphatic rings. The molecule has 3 amide bonds. The molecule has 2 rings (SSSR count). The minimum atomic E-state index is -1.54. The third-order valence-corrected chi connectivity index (χ3v) is 5.73. The molecular formula is C22H31N5O6S. The van der Waals surface area contributed by atoms with Crippen molar-refractivity contribution in [3.05, 3.63) is 36.0 Å². The van der Waals surface area contributed by atoms with Crippen molar-refractivity contribution in [1.82, 2.24) is 20.9 Å². The second-order valence-electron chi connectivity index (χ2n) is 8.22. The molecule has 0 aliphatic heterocycles. The van der Waals surface area contributed by atoms with Crippen LogP contribution in [0, 0.1) is 5.92 Å². The number of aromatic amines is 1. The number of nitrogens with one attached hydrogen (secondary N) is 4. The first-order chi connectivity index (χ1) is 16.1. The van der Waals surface area contributed by atoms with Crippen LogP contribution >= 0.6 is 12.6 Å². The first-order valence-corrected chi connectivity index (χ1v) is 11.4. The van der Waals surface area contributed by atoms with E-state index in [0.29, 0.717) is 5.56 Å². The fraction of sp³-hybridized carbons (Fsp3) is 0.455. The molecule has 34 heavy (non-hydrogen) atoms. The lowest BCUT2D eigenvalue weighted by Crippen LogP contribution is -2.58. The van der Waals surface area contributed by atoms with Gasteiger partial charge in [0.05, 0.1) is 12.6 Å². The standard InChI is InChI=1S/C22H31N5O6S/c1-11(2)18(23)21(31)27-17(10-34)20(30)25-15(19(29)26-16(9-28)22(32)33)7-12-8-24-14-6-4-3-5-13(12)14/h3-6,8,11,15-18,24,28,34H,7,9-10,23H2,1-2H3,(H,25,30)(H,26,29)(H,27,31)(H,32,33). The van der Waals surface area contributed by atoms with E-state index < -0.39 is 54.5 Å². The summed E-state index contributed by atoms with van der Waals surface area (Å²) in [5.74, 6) is -3.66. The minimum absolute atomic E-state index is 0.0259. The maximum absolute atomic E-state index is 12.9. The summed E-state index contributed by atoms with van der Waals surface area (Å²) in [5, 5.41) is 26.6. The highest BCUT2D eigenvalue weighted by molar-refractivity contribution is 7.80. The van der Waals surface area contributed by atoms with Gasteiger partial charge < -0.3 is 36.9 Å². The number of aliphatic hydroxyl groups is 1. The number of carbonyl (C=O) groups excluding carboxylic acids is 3. The Morgan fingerprint density at radius 2 is 1.59 bits per heavy atom. The monoisotopic (exact) mass is 493 g/mol. The number of rotatable bonds is 12. The summed E-state index contributed by atoms with van der Waals surface area (Å²) < 4.78 is 0. The molecule has 0 spiro atoms. The van der Waals surface area contributed by atoms with E-state index in [-0.39, 0.29) is 18.1 Å². The number of fused-ring (bicyclic) bond motifs is 1. The molecule has 0 bridgehead atoms. The van der Waals surface area contributed by atoms with E-state index in [1.165, 1.54) is 0 Å². The molecule has 8 N–H and O–H groups in total. The largest absolute Gasteiger partial charge is 0.480 e. The van der Waals surface area contributed by atoms with E-state index >= 15 is 0 Å². The number of aliphatic hydroxyl groups excluding tert-OH is 1. The Labute approximate surface area is 202 Å². The number of amides is 3. The summed E-state index contributed by atoms with van der Waals surface area (Å²) in [4.78, 5) is 52.5. The maximum Gasteiger partial charge on any atom is 0.328 e. The van der Waals surface area contributed by atoms with E-state index in [1.54, 1.807) is 20.0 Å². The van der Waals surface area contributed by atoms with Crippen molar-refractivity contribution in [2.24, 2.45) is 11.7 Å². The number of hydrogen-bond acceptors (Lipinski definition) is 7. The molecule has 12 heteroatoms. The average Bonchev–Trinajstić information content (AvgIpc) is 3.21. The number of nitrogens with two attached hydrogens (primary N) is 1. The first-order valence-electron chi connectivity index (χ1n) is 10.7. The minimum Gasteiger partial charge on any atom is -0.480 e. The van der Waals surface area contributed by atoms with Crippen LogP contribution in [0.5, 0.6) is 0 Å². The van der Waals surface area contributed by atoms with Crippen LogP contribution in [0.2, 0.25) is 0 Å². The molecule has 11 nitrogen and oxygen atoms in total. The van der Waals surface area contributed by atoms with Crippen LogP contribution < -0.4 is 21.7 Å². The number of carboxylic acids is 1. The molecule has 4 unspecified atom stereocenters. The number of aliphatic carboxylic acids is 1. The molecule has 1 aromatic heterocycles. The molecule has 186 valence electrons. The molecule has 0 radical (unpaired) electrons. The van der Waals surface area contributed by atoms with E-state index in [1.807, 2.05) is 24.3 Å². The number of aromatic nitrogens is 1. The highest BCUT2D eigenvalue weighted by Crippen LogP contribution is 2.19. The Balaban J connectivity index is 2.25. The average molecular weight is 494 g/mol. The van der Waals surface area contributed by atoms with Gasteiger partial charge in [0.2, 0.25) is 17.7 Å². The number of carboxylic acid groups (broad SMARTS) is 1. The smallest absolute Gasteiger partial charge is 0.328 e. The molecule has 0 saturated carbocycles. The lowest BCUT2D eigenvalue weighted by Gasteiger charge is -2.24. The summed E-state index contributed by atoms with van der Waals surface area (Å²) in [5.41, 5.74) is 7.37. The van der Waals surface area contributed by atoms with Gasteiger partial charge >= 0.3 is 5.97 Å². The van der Waals surface area contributed by atoms with Gasteiger partial charge in [-0.2, -0.15) is 12.6 Å². The molecular weight excluding hydrogens is 462 g/mol. The Morgan fingerprint density at radius 1 is 1.00 bits per heavy atom. The molecule has 2 aromatic rings. The fourth-order valence-corrected chi connectivity index (χ4v) is 3.48. The zero-order chi connectivity index (χ0) is 25.4. The van der Waals surface area contributed by atoms with Crippen LogP contribution in [0.4, 0.5) is 0 Å². The van der Waals surface area contributed by atoms with Gasteiger partial charge in [0.15, 0.2) is 0 Å². The van der Waals surface area contributed by atoms with Crippen molar-refractivity contribution in [2.75, 3.05) is 12.4 Å². The zero-order valence-corrected chi connectivity index (χ0v) is 19.8. The van der Waals surface area contributed by atoms with Gasteiger partial charge in [-0.1, -0.05) is 32.0 Å². The van der Waals surface area contributed by atoms with Crippen LogP contribution in [0.3, 0.4) is 0 Å².